The number of para-hydroxylation sites is 1. The van der Waals surface area contributed by atoms with Crippen LogP contribution < -0.4 is 0 Å². The number of hydrogen-bond donors (Lipinski definition) is 0. The van der Waals surface area contributed by atoms with Crippen LogP contribution in [0, 0.1) is 6.92 Å². The summed E-state index contributed by atoms with van der Waals surface area (Å²) in [5.74, 6) is 0. The van der Waals surface area contributed by atoms with Crippen LogP contribution in [0.1, 0.15) is 11.1 Å². The fraction of sp³-hybridized carbons (Fsp3) is 0.188. The highest BCUT2D eigenvalue weighted by Gasteiger charge is 2.55. The van der Waals surface area contributed by atoms with Crippen LogP contribution in [0.2, 0.25) is 0 Å². The lowest BCUT2D eigenvalue weighted by molar-refractivity contribution is -0.162. The first-order valence-corrected chi connectivity index (χ1v) is 6.76. The monoisotopic (exact) mass is 324 g/mol. The summed E-state index contributed by atoms with van der Waals surface area (Å²) >= 11 is 5.75. The Hall–Kier alpha value is -2.10. The normalized spacial score (nSPS) is 13.9. The maximum Gasteiger partial charge on any atom is 0.432 e. The molecule has 0 radical (unpaired) electrons. The number of benzene rings is 2. The van der Waals surface area contributed by atoms with E-state index in [0.717, 1.165) is 5.56 Å². The van der Waals surface area contributed by atoms with Gasteiger partial charge < -0.3 is 0 Å². The van der Waals surface area contributed by atoms with E-state index in [-0.39, 0.29) is 5.56 Å². The maximum atomic E-state index is 13.3. The molecule has 2 aromatic carbocycles. The topological polar surface area (TPSA) is 24.7 Å². The van der Waals surface area contributed by atoms with Gasteiger partial charge in [0.2, 0.25) is 0 Å². The quantitative estimate of drug-likeness (QED) is 0.407. The van der Waals surface area contributed by atoms with Crippen LogP contribution in [0.5, 0.6) is 0 Å². The van der Waals surface area contributed by atoms with Gasteiger partial charge in [-0.05, 0) is 19.1 Å². The molecule has 2 rings (SSSR count). The van der Waals surface area contributed by atoms with Crippen molar-refractivity contribution in [3.05, 3.63) is 65.7 Å². The van der Waals surface area contributed by atoms with E-state index in [1.807, 2.05) is 0 Å². The van der Waals surface area contributed by atoms with Gasteiger partial charge in [0, 0.05) is 5.56 Å². The van der Waals surface area contributed by atoms with Crippen molar-refractivity contribution in [1.82, 2.24) is 0 Å². The zero-order valence-electron chi connectivity index (χ0n) is 11.6. The lowest BCUT2D eigenvalue weighted by atomic mass is 10.0. The summed E-state index contributed by atoms with van der Waals surface area (Å²) in [7, 11) is 0. The number of nitrogens with zero attached hydrogens (tertiary/aromatic N) is 2. The number of halogens is 4. The Morgan fingerprint density at radius 3 is 2.09 bits per heavy atom. The van der Waals surface area contributed by atoms with Crippen LogP contribution in [-0.2, 0) is 5.00 Å². The Bertz CT molecular complexity index is 690. The van der Waals surface area contributed by atoms with Crippen molar-refractivity contribution < 1.29 is 13.2 Å². The molecule has 0 saturated carbocycles. The smallest absolute Gasteiger partial charge is 0.188 e. The molecule has 1 atom stereocenters. The molecule has 2 nitrogen and oxygen atoms in total. The fourth-order valence-electron chi connectivity index (χ4n) is 1.72. The van der Waals surface area contributed by atoms with Gasteiger partial charge in [0.15, 0.2) is 0 Å². The van der Waals surface area contributed by atoms with E-state index in [2.05, 4.69) is 16.0 Å². The van der Waals surface area contributed by atoms with E-state index in [0.29, 0.717) is 5.69 Å². The first-order valence-electron chi connectivity index (χ1n) is 6.38. The first-order chi connectivity index (χ1) is 10.3. The molecule has 0 aliphatic rings. The van der Waals surface area contributed by atoms with E-state index in [9.17, 15) is 13.2 Å². The van der Waals surface area contributed by atoms with Gasteiger partial charge in [-0.15, -0.1) is 0 Å². The van der Waals surface area contributed by atoms with Gasteiger partial charge >= 0.3 is 6.18 Å². The summed E-state index contributed by atoms with van der Waals surface area (Å²) in [6, 6.07) is 16.2. The third kappa shape index (κ3) is 3.56. The van der Waals surface area contributed by atoms with Crippen molar-refractivity contribution in [1.29, 1.82) is 0 Å². The van der Waals surface area contributed by atoms with E-state index in [4.69, 9.17) is 11.6 Å². The van der Waals surface area contributed by atoms with E-state index >= 15 is 0 Å². The summed E-state index contributed by atoms with van der Waals surface area (Å²) in [6.45, 7) is 1.77. The second-order valence-electron chi connectivity index (χ2n) is 4.65. The van der Waals surface area contributed by atoms with E-state index in [1.165, 1.54) is 12.1 Å². The zero-order valence-corrected chi connectivity index (χ0v) is 12.4. The summed E-state index contributed by atoms with van der Waals surface area (Å²) in [6.07, 6.45) is -4.77. The molecule has 6 heteroatoms. The minimum Gasteiger partial charge on any atom is -0.188 e. The van der Waals surface area contributed by atoms with Crippen LogP contribution in [0.4, 0.5) is 18.9 Å². The number of alkyl halides is 4. The lowest BCUT2D eigenvalue weighted by Gasteiger charge is -2.24. The molecule has 1 unspecified atom stereocenters. The molecule has 0 heterocycles. The van der Waals surface area contributed by atoms with Crippen LogP contribution in [0.25, 0.3) is 0 Å². The molecule has 0 bridgehead atoms. The molecule has 0 N–H and O–H groups in total. The van der Waals surface area contributed by atoms with Crippen molar-refractivity contribution in [2.24, 2.45) is 9.98 Å². The molecule has 114 valence electrons. The second-order valence-corrected chi connectivity index (χ2v) is 5.19. The SMILES string of the molecule is Cc1ccc(C(Cl)(N=C=Nc2ccccc2)C(F)(F)F)cc1. The van der Waals surface area contributed by atoms with Gasteiger partial charge in [0.25, 0.3) is 5.00 Å². The third-order valence-corrected chi connectivity index (χ3v) is 3.47. The Kier molecular flexibility index (Phi) is 4.69. The largest absolute Gasteiger partial charge is 0.432 e. The van der Waals surface area contributed by atoms with Crippen LogP contribution in [0.15, 0.2) is 64.6 Å². The molecule has 0 aliphatic carbocycles. The molecule has 0 fully saturated rings. The number of rotatable bonds is 3. The van der Waals surface area contributed by atoms with Gasteiger partial charge in [-0.3, -0.25) is 0 Å². The van der Waals surface area contributed by atoms with Crippen LogP contribution in [-0.4, -0.2) is 12.2 Å². The number of aliphatic imine (C=N–C) groups is 2. The summed E-state index contributed by atoms with van der Waals surface area (Å²) in [4.78, 5) is 4.19. The number of aryl methyl sites for hydroxylation is 1. The Balaban J connectivity index is 2.43. The summed E-state index contributed by atoms with van der Waals surface area (Å²) in [5, 5.41) is 0. The Labute approximate surface area is 131 Å². The van der Waals surface area contributed by atoms with Gasteiger partial charge in [-0.1, -0.05) is 59.6 Å². The van der Waals surface area contributed by atoms with Crippen molar-refractivity contribution in [3.63, 3.8) is 0 Å². The molecule has 0 saturated heterocycles. The molecule has 0 spiro atoms. The highest BCUT2D eigenvalue weighted by atomic mass is 35.5. The molecule has 0 amide bonds. The zero-order chi connectivity index (χ0) is 16.2. The molecule has 22 heavy (non-hydrogen) atoms. The maximum absolute atomic E-state index is 13.3. The van der Waals surface area contributed by atoms with Crippen molar-refractivity contribution in [2.45, 2.75) is 18.1 Å². The molecule has 2 aromatic rings. The third-order valence-electron chi connectivity index (χ3n) is 2.95. The molecule has 0 aliphatic heterocycles. The van der Waals surface area contributed by atoms with Gasteiger partial charge in [0.1, 0.15) is 0 Å². The minimum atomic E-state index is -4.77. The molecule has 0 aromatic heterocycles. The molecular formula is C16H12ClF3N2. The average molecular weight is 325 g/mol. The van der Waals surface area contributed by atoms with Gasteiger partial charge in [-0.2, -0.15) is 23.2 Å². The summed E-state index contributed by atoms with van der Waals surface area (Å²) in [5.41, 5.74) is 1.09. The highest BCUT2D eigenvalue weighted by molar-refractivity contribution is 6.24. The van der Waals surface area contributed by atoms with Gasteiger partial charge in [-0.25, -0.2) is 0 Å². The first kappa shape index (κ1) is 16.3. The van der Waals surface area contributed by atoms with E-state index in [1.54, 1.807) is 49.4 Å². The van der Waals surface area contributed by atoms with Crippen molar-refractivity contribution >= 4 is 23.3 Å². The predicted octanol–water partition coefficient (Wildman–Crippen LogP) is 5.45. The Morgan fingerprint density at radius 1 is 0.955 bits per heavy atom. The standard InChI is InChI=1S/C16H12ClF3N2/c1-12-7-9-13(10-8-12)15(17,16(18,19)20)22-11-21-14-5-3-2-4-6-14/h2-10H,1H3. The Morgan fingerprint density at radius 2 is 1.55 bits per heavy atom. The van der Waals surface area contributed by atoms with Crippen molar-refractivity contribution in [2.75, 3.05) is 0 Å². The fourth-order valence-corrected chi connectivity index (χ4v) is 1.88. The number of hydrogen-bond acceptors (Lipinski definition) is 2. The second kappa shape index (κ2) is 6.34. The average Bonchev–Trinajstić information content (AvgIpc) is 2.47. The van der Waals surface area contributed by atoms with Crippen molar-refractivity contribution in [3.8, 4) is 0 Å². The molecular weight excluding hydrogens is 313 g/mol. The van der Waals surface area contributed by atoms with Crippen LogP contribution in [0.3, 0.4) is 0 Å². The predicted molar refractivity (Wildman–Crippen MR) is 80.7 cm³/mol. The lowest BCUT2D eigenvalue weighted by Crippen LogP contribution is -2.35. The van der Waals surface area contributed by atoms with Crippen LogP contribution >= 0.6 is 11.6 Å². The summed E-state index contributed by atoms with van der Waals surface area (Å²) < 4.78 is 39.9. The van der Waals surface area contributed by atoms with Gasteiger partial charge in [0.05, 0.1) is 11.7 Å². The minimum absolute atomic E-state index is 0.178. The van der Waals surface area contributed by atoms with E-state index < -0.39 is 11.2 Å². The highest BCUT2D eigenvalue weighted by Crippen LogP contribution is 2.45.